The van der Waals surface area contributed by atoms with Gasteiger partial charge in [-0.25, -0.2) is 9.97 Å². The number of hydrogen-bond donors (Lipinski definition) is 1. The molecule has 0 bridgehead atoms. The largest absolute Gasteiger partial charge is 0.376 e. The van der Waals surface area contributed by atoms with Crippen molar-refractivity contribution >= 4 is 17.4 Å². The van der Waals surface area contributed by atoms with Crippen molar-refractivity contribution in [2.24, 2.45) is 0 Å². The van der Waals surface area contributed by atoms with Crippen LogP contribution in [-0.4, -0.2) is 29.2 Å². The van der Waals surface area contributed by atoms with Crippen LogP contribution in [0, 0.1) is 0 Å². The fourth-order valence-electron chi connectivity index (χ4n) is 1.46. The summed E-state index contributed by atoms with van der Waals surface area (Å²) in [6.45, 7) is 1.66. The maximum Gasteiger partial charge on any atom is 0.224 e. The van der Waals surface area contributed by atoms with Crippen LogP contribution < -0.4 is 5.32 Å². The zero-order valence-electron chi connectivity index (χ0n) is 7.74. The molecule has 0 radical (unpaired) electrons. The Kier molecular flexibility index (Phi) is 3.16. The molecule has 0 amide bonds. The summed E-state index contributed by atoms with van der Waals surface area (Å²) in [6, 6.07) is 1.79. The van der Waals surface area contributed by atoms with Crippen molar-refractivity contribution in [1.82, 2.24) is 9.97 Å². The molecule has 1 aliphatic heterocycles. The van der Waals surface area contributed by atoms with Crippen molar-refractivity contribution < 1.29 is 4.74 Å². The predicted molar refractivity (Wildman–Crippen MR) is 54.5 cm³/mol. The lowest BCUT2D eigenvalue weighted by atomic mass is 10.2. The highest BCUT2D eigenvalue weighted by Crippen LogP contribution is 2.13. The van der Waals surface area contributed by atoms with E-state index >= 15 is 0 Å². The number of ether oxygens (including phenoxy) is 1. The number of halogens is 1. The summed E-state index contributed by atoms with van der Waals surface area (Å²) in [6.07, 6.45) is 4.21. The van der Waals surface area contributed by atoms with E-state index in [0.29, 0.717) is 6.10 Å². The second kappa shape index (κ2) is 4.57. The summed E-state index contributed by atoms with van der Waals surface area (Å²) in [5.41, 5.74) is 0. The van der Waals surface area contributed by atoms with Crippen molar-refractivity contribution in [2.75, 3.05) is 18.5 Å². The van der Waals surface area contributed by atoms with Gasteiger partial charge >= 0.3 is 0 Å². The van der Waals surface area contributed by atoms with Crippen LogP contribution in [0.2, 0.25) is 5.28 Å². The van der Waals surface area contributed by atoms with Crippen LogP contribution in [0.3, 0.4) is 0 Å². The van der Waals surface area contributed by atoms with Gasteiger partial charge in [-0.15, -0.1) is 0 Å². The molecule has 1 saturated heterocycles. The van der Waals surface area contributed by atoms with E-state index in [2.05, 4.69) is 15.3 Å². The number of nitrogens with zero attached hydrogens (tertiary/aromatic N) is 2. The Balaban J connectivity index is 1.85. The number of anilines is 1. The topological polar surface area (TPSA) is 47.0 Å². The Bertz CT molecular complexity index is 302. The number of aromatic nitrogens is 2. The molecule has 1 fully saturated rings. The van der Waals surface area contributed by atoms with Gasteiger partial charge < -0.3 is 10.1 Å². The summed E-state index contributed by atoms with van der Waals surface area (Å²) < 4.78 is 5.47. The Labute approximate surface area is 87.7 Å². The van der Waals surface area contributed by atoms with Crippen molar-refractivity contribution in [3.8, 4) is 0 Å². The predicted octanol–water partition coefficient (Wildman–Crippen LogP) is 1.72. The highest BCUT2D eigenvalue weighted by molar-refractivity contribution is 6.28. The van der Waals surface area contributed by atoms with E-state index in [4.69, 9.17) is 16.3 Å². The second-order valence-electron chi connectivity index (χ2n) is 3.23. The van der Waals surface area contributed by atoms with Crippen molar-refractivity contribution in [3.63, 3.8) is 0 Å². The smallest absolute Gasteiger partial charge is 0.224 e. The lowest BCUT2D eigenvalue weighted by Crippen LogP contribution is -2.18. The third-order valence-corrected chi connectivity index (χ3v) is 2.34. The molecule has 1 aromatic rings. The minimum atomic E-state index is 0.266. The van der Waals surface area contributed by atoms with Crippen molar-refractivity contribution in [1.29, 1.82) is 0 Å². The molecule has 1 unspecified atom stereocenters. The van der Waals surface area contributed by atoms with Crippen molar-refractivity contribution in [2.45, 2.75) is 18.9 Å². The lowest BCUT2D eigenvalue weighted by molar-refractivity contribution is 0.120. The number of hydrogen-bond acceptors (Lipinski definition) is 4. The molecule has 0 aliphatic carbocycles. The molecule has 76 valence electrons. The van der Waals surface area contributed by atoms with E-state index in [0.717, 1.165) is 31.8 Å². The van der Waals surface area contributed by atoms with Crippen LogP contribution in [0.4, 0.5) is 5.82 Å². The molecule has 2 rings (SSSR count). The molecule has 2 heterocycles. The van der Waals surface area contributed by atoms with Gasteiger partial charge in [0.15, 0.2) is 0 Å². The van der Waals surface area contributed by atoms with E-state index in [1.807, 2.05) is 0 Å². The van der Waals surface area contributed by atoms with Gasteiger partial charge in [-0.05, 0) is 30.5 Å². The van der Waals surface area contributed by atoms with Gasteiger partial charge in [-0.2, -0.15) is 0 Å². The minimum absolute atomic E-state index is 0.266. The highest BCUT2D eigenvalue weighted by atomic mass is 35.5. The molecule has 1 N–H and O–H groups in total. The van der Waals surface area contributed by atoms with Gasteiger partial charge in [0, 0.05) is 19.3 Å². The molecule has 1 atom stereocenters. The lowest BCUT2D eigenvalue weighted by Gasteiger charge is -2.10. The summed E-state index contributed by atoms with van der Waals surface area (Å²) in [7, 11) is 0. The third-order valence-electron chi connectivity index (χ3n) is 2.16. The first-order valence-corrected chi connectivity index (χ1v) is 5.06. The first-order chi connectivity index (χ1) is 6.84. The maximum absolute atomic E-state index is 5.65. The SMILES string of the molecule is Clc1nccc(NCC2CCCO2)n1. The molecular weight excluding hydrogens is 202 g/mol. The van der Waals surface area contributed by atoms with Crippen LogP contribution >= 0.6 is 11.6 Å². The quantitative estimate of drug-likeness (QED) is 0.777. The number of nitrogens with one attached hydrogen (secondary N) is 1. The summed E-state index contributed by atoms with van der Waals surface area (Å²) >= 11 is 5.65. The number of rotatable bonds is 3. The van der Waals surface area contributed by atoms with Crippen LogP contribution in [0.1, 0.15) is 12.8 Å². The third kappa shape index (κ3) is 2.56. The summed E-state index contributed by atoms with van der Waals surface area (Å²) in [5.74, 6) is 0.750. The standard InChI is InChI=1S/C9H12ClN3O/c10-9-11-4-3-8(13-9)12-6-7-2-1-5-14-7/h3-4,7H,1-2,5-6H2,(H,11,12,13). The Morgan fingerprint density at radius 1 is 1.64 bits per heavy atom. The zero-order chi connectivity index (χ0) is 9.80. The molecule has 0 saturated carbocycles. The van der Waals surface area contributed by atoms with Crippen LogP contribution in [-0.2, 0) is 4.74 Å². The monoisotopic (exact) mass is 213 g/mol. The zero-order valence-corrected chi connectivity index (χ0v) is 8.50. The van der Waals surface area contributed by atoms with E-state index in [1.165, 1.54) is 0 Å². The fourth-order valence-corrected chi connectivity index (χ4v) is 1.60. The normalized spacial score (nSPS) is 21.1. The molecule has 4 nitrogen and oxygen atoms in total. The van der Waals surface area contributed by atoms with Crippen LogP contribution in [0.25, 0.3) is 0 Å². The minimum Gasteiger partial charge on any atom is -0.376 e. The van der Waals surface area contributed by atoms with Gasteiger partial charge in [-0.3, -0.25) is 0 Å². The molecular formula is C9H12ClN3O. The van der Waals surface area contributed by atoms with E-state index in [9.17, 15) is 0 Å². The summed E-state index contributed by atoms with van der Waals surface area (Å²) in [5, 5.41) is 3.43. The molecule has 1 aromatic heterocycles. The van der Waals surface area contributed by atoms with E-state index in [-0.39, 0.29) is 5.28 Å². The van der Waals surface area contributed by atoms with Crippen LogP contribution in [0.15, 0.2) is 12.3 Å². The Morgan fingerprint density at radius 2 is 2.57 bits per heavy atom. The molecule has 0 spiro atoms. The average Bonchev–Trinajstić information content (AvgIpc) is 2.67. The van der Waals surface area contributed by atoms with Gasteiger partial charge in [-0.1, -0.05) is 0 Å². The average molecular weight is 214 g/mol. The van der Waals surface area contributed by atoms with E-state index in [1.54, 1.807) is 12.3 Å². The van der Waals surface area contributed by atoms with Gasteiger partial charge in [0.2, 0.25) is 5.28 Å². The van der Waals surface area contributed by atoms with Crippen molar-refractivity contribution in [3.05, 3.63) is 17.5 Å². The molecule has 5 heteroatoms. The van der Waals surface area contributed by atoms with Gasteiger partial charge in [0.1, 0.15) is 5.82 Å². The Morgan fingerprint density at radius 3 is 3.29 bits per heavy atom. The first-order valence-electron chi connectivity index (χ1n) is 4.68. The van der Waals surface area contributed by atoms with Crippen LogP contribution in [0.5, 0.6) is 0 Å². The summed E-state index contributed by atoms with van der Waals surface area (Å²) in [4.78, 5) is 7.82. The molecule has 0 aromatic carbocycles. The highest BCUT2D eigenvalue weighted by Gasteiger charge is 2.14. The second-order valence-corrected chi connectivity index (χ2v) is 3.56. The maximum atomic E-state index is 5.65. The van der Waals surface area contributed by atoms with Gasteiger partial charge in [0.05, 0.1) is 6.10 Å². The fraction of sp³-hybridized carbons (Fsp3) is 0.556. The van der Waals surface area contributed by atoms with E-state index < -0.39 is 0 Å². The Hall–Kier alpha value is -0.870. The molecule has 14 heavy (non-hydrogen) atoms. The first kappa shape index (κ1) is 9.68. The molecule has 1 aliphatic rings. The van der Waals surface area contributed by atoms with Gasteiger partial charge in [0.25, 0.3) is 0 Å².